The van der Waals surface area contributed by atoms with Crippen LogP contribution in [0.5, 0.6) is 5.75 Å². The minimum atomic E-state index is -0.374. The van der Waals surface area contributed by atoms with E-state index in [9.17, 15) is 0 Å². The van der Waals surface area contributed by atoms with Crippen molar-refractivity contribution in [3.8, 4) is 5.75 Å². The van der Waals surface area contributed by atoms with Crippen molar-refractivity contribution < 1.29 is 24.1 Å². The second kappa shape index (κ2) is 8.87. The molecule has 0 aromatic heterocycles. The molecule has 0 fully saturated rings. The van der Waals surface area contributed by atoms with Gasteiger partial charge in [-0.25, -0.2) is 0 Å². The fourth-order valence-corrected chi connectivity index (χ4v) is 1.69. The molecule has 19 heavy (non-hydrogen) atoms. The lowest BCUT2D eigenvalue weighted by Gasteiger charge is -2.22. The molecule has 108 valence electrons. The smallest absolute Gasteiger partial charge is 0.118 e. The van der Waals surface area contributed by atoms with E-state index in [0.29, 0.717) is 13.2 Å². The quantitative estimate of drug-likeness (QED) is 0.731. The first-order valence-corrected chi connectivity index (χ1v) is 6.12. The highest BCUT2D eigenvalue weighted by Crippen LogP contribution is 2.12. The Hall–Kier alpha value is -1.14. The summed E-state index contributed by atoms with van der Waals surface area (Å²) in [5, 5.41) is 9.13. The molecule has 0 bridgehead atoms. The Kier molecular flexibility index (Phi) is 7.43. The van der Waals surface area contributed by atoms with Crippen LogP contribution in [0.4, 0.5) is 0 Å². The van der Waals surface area contributed by atoms with Crippen molar-refractivity contribution in [2.24, 2.45) is 0 Å². The van der Waals surface area contributed by atoms with Crippen LogP contribution in [-0.4, -0.2) is 51.9 Å². The zero-order valence-electron chi connectivity index (χ0n) is 11.7. The van der Waals surface area contributed by atoms with Crippen LogP contribution >= 0.6 is 0 Å². The van der Waals surface area contributed by atoms with Crippen LogP contribution in [0.25, 0.3) is 0 Å². The van der Waals surface area contributed by atoms with Crippen molar-refractivity contribution in [1.29, 1.82) is 0 Å². The van der Waals surface area contributed by atoms with E-state index in [1.807, 2.05) is 24.3 Å². The lowest BCUT2D eigenvalue weighted by Crippen LogP contribution is -2.36. The number of aliphatic hydroxyl groups is 1. The molecule has 0 saturated heterocycles. The molecule has 5 heteroatoms. The minimum Gasteiger partial charge on any atom is -0.497 e. The van der Waals surface area contributed by atoms with Gasteiger partial charge in [-0.05, 0) is 17.7 Å². The number of ether oxygens (including phenoxy) is 4. The van der Waals surface area contributed by atoms with Gasteiger partial charge in [0.05, 0.1) is 26.9 Å². The Morgan fingerprint density at radius 3 is 2.11 bits per heavy atom. The van der Waals surface area contributed by atoms with Gasteiger partial charge in [0.15, 0.2) is 0 Å². The summed E-state index contributed by atoms with van der Waals surface area (Å²) in [6.07, 6.45) is -0.658. The lowest BCUT2D eigenvalue weighted by molar-refractivity contribution is -0.0941. The van der Waals surface area contributed by atoms with Gasteiger partial charge < -0.3 is 24.1 Å². The number of aliphatic hydroxyl groups excluding tert-OH is 1. The molecular weight excluding hydrogens is 248 g/mol. The summed E-state index contributed by atoms with van der Waals surface area (Å²) in [6, 6.07) is 7.66. The van der Waals surface area contributed by atoms with Crippen molar-refractivity contribution in [1.82, 2.24) is 0 Å². The average Bonchev–Trinajstić information content (AvgIpc) is 2.47. The SMILES string of the molecule is COc1ccc(COC[C@H](OC)[C@H](CO)OC)cc1. The highest BCUT2D eigenvalue weighted by Gasteiger charge is 2.20. The highest BCUT2D eigenvalue weighted by atomic mass is 16.6. The molecule has 0 unspecified atom stereocenters. The average molecular weight is 270 g/mol. The third-order valence-corrected chi connectivity index (χ3v) is 2.91. The highest BCUT2D eigenvalue weighted by molar-refractivity contribution is 5.26. The standard InChI is InChI=1S/C14H22O5/c1-16-12-6-4-11(5-7-12)9-19-10-14(18-3)13(8-15)17-2/h4-7,13-15H,8-10H2,1-3H3/t13-,14-/m0/s1. The molecule has 5 nitrogen and oxygen atoms in total. The molecule has 0 radical (unpaired) electrons. The van der Waals surface area contributed by atoms with Crippen LogP contribution in [0, 0.1) is 0 Å². The summed E-state index contributed by atoms with van der Waals surface area (Å²) >= 11 is 0. The summed E-state index contributed by atoms with van der Waals surface area (Å²) in [5.41, 5.74) is 1.05. The van der Waals surface area contributed by atoms with E-state index in [2.05, 4.69) is 0 Å². The monoisotopic (exact) mass is 270 g/mol. The fraction of sp³-hybridized carbons (Fsp3) is 0.571. The predicted molar refractivity (Wildman–Crippen MR) is 71.3 cm³/mol. The summed E-state index contributed by atoms with van der Waals surface area (Å²) in [5.74, 6) is 0.818. The first kappa shape index (κ1) is 15.9. The minimum absolute atomic E-state index is 0.0963. The Morgan fingerprint density at radius 1 is 1.00 bits per heavy atom. The maximum absolute atomic E-state index is 9.13. The van der Waals surface area contributed by atoms with E-state index >= 15 is 0 Å². The fourth-order valence-electron chi connectivity index (χ4n) is 1.69. The summed E-state index contributed by atoms with van der Waals surface area (Å²) in [4.78, 5) is 0. The molecular formula is C14H22O5. The van der Waals surface area contributed by atoms with Gasteiger partial charge in [0.2, 0.25) is 0 Å². The normalized spacial score (nSPS) is 14.1. The first-order valence-electron chi connectivity index (χ1n) is 6.12. The molecule has 0 amide bonds. The summed E-state index contributed by atoms with van der Waals surface area (Å²) in [7, 11) is 4.74. The van der Waals surface area contributed by atoms with E-state index in [1.165, 1.54) is 7.11 Å². The molecule has 0 aliphatic rings. The van der Waals surface area contributed by atoms with Gasteiger partial charge in [-0.2, -0.15) is 0 Å². The van der Waals surface area contributed by atoms with Gasteiger partial charge in [-0.1, -0.05) is 12.1 Å². The maximum atomic E-state index is 9.13. The van der Waals surface area contributed by atoms with Crippen molar-refractivity contribution in [2.75, 3.05) is 34.5 Å². The van der Waals surface area contributed by atoms with Crippen LogP contribution < -0.4 is 4.74 Å². The van der Waals surface area contributed by atoms with Gasteiger partial charge in [0, 0.05) is 14.2 Å². The molecule has 0 aliphatic carbocycles. The van der Waals surface area contributed by atoms with Crippen molar-refractivity contribution in [3.05, 3.63) is 29.8 Å². The topological polar surface area (TPSA) is 57.2 Å². The lowest BCUT2D eigenvalue weighted by atomic mass is 10.2. The summed E-state index contributed by atoms with van der Waals surface area (Å²) in [6.45, 7) is 0.744. The molecule has 0 aliphatic heterocycles. The number of rotatable bonds is 9. The van der Waals surface area contributed by atoms with E-state index < -0.39 is 0 Å². The molecule has 1 aromatic rings. The second-order valence-electron chi connectivity index (χ2n) is 4.09. The number of hydrogen-bond acceptors (Lipinski definition) is 5. The van der Waals surface area contributed by atoms with Crippen molar-refractivity contribution in [3.63, 3.8) is 0 Å². The number of benzene rings is 1. The third kappa shape index (κ3) is 5.16. The van der Waals surface area contributed by atoms with Gasteiger partial charge in [0.1, 0.15) is 18.0 Å². The van der Waals surface area contributed by atoms with Gasteiger partial charge in [-0.3, -0.25) is 0 Å². The van der Waals surface area contributed by atoms with Crippen LogP contribution in [0.3, 0.4) is 0 Å². The van der Waals surface area contributed by atoms with Crippen LogP contribution in [0.1, 0.15) is 5.56 Å². The van der Waals surface area contributed by atoms with Crippen LogP contribution in [0.15, 0.2) is 24.3 Å². The molecule has 0 spiro atoms. The van der Waals surface area contributed by atoms with E-state index in [0.717, 1.165) is 11.3 Å². The molecule has 1 rings (SSSR count). The Balaban J connectivity index is 2.38. The predicted octanol–water partition coefficient (Wildman–Crippen LogP) is 1.23. The Labute approximate surface area is 114 Å². The summed E-state index contributed by atoms with van der Waals surface area (Å²) < 4.78 is 21.0. The maximum Gasteiger partial charge on any atom is 0.118 e. The third-order valence-electron chi connectivity index (χ3n) is 2.91. The van der Waals surface area contributed by atoms with Crippen LogP contribution in [-0.2, 0) is 20.8 Å². The number of hydrogen-bond donors (Lipinski definition) is 1. The zero-order chi connectivity index (χ0) is 14.1. The van der Waals surface area contributed by atoms with E-state index in [1.54, 1.807) is 14.2 Å². The molecule has 1 N–H and O–H groups in total. The van der Waals surface area contributed by atoms with Gasteiger partial charge >= 0.3 is 0 Å². The Morgan fingerprint density at radius 2 is 1.63 bits per heavy atom. The second-order valence-corrected chi connectivity index (χ2v) is 4.09. The molecule has 0 heterocycles. The zero-order valence-corrected chi connectivity index (χ0v) is 11.7. The molecule has 0 saturated carbocycles. The van der Waals surface area contributed by atoms with Crippen LogP contribution in [0.2, 0.25) is 0 Å². The first-order chi connectivity index (χ1) is 9.24. The van der Waals surface area contributed by atoms with Gasteiger partial charge in [-0.15, -0.1) is 0 Å². The van der Waals surface area contributed by atoms with E-state index in [4.69, 9.17) is 24.1 Å². The molecule has 2 atom stereocenters. The Bertz CT molecular complexity index is 334. The van der Waals surface area contributed by atoms with Crippen molar-refractivity contribution in [2.45, 2.75) is 18.8 Å². The van der Waals surface area contributed by atoms with Crippen molar-refractivity contribution >= 4 is 0 Å². The number of methoxy groups -OCH3 is 3. The van der Waals surface area contributed by atoms with Gasteiger partial charge in [0.25, 0.3) is 0 Å². The largest absolute Gasteiger partial charge is 0.497 e. The van der Waals surface area contributed by atoms with E-state index in [-0.39, 0.29) is 18.8 Å². The molecule has 1 aromatic carbocycles.